The molecule has 0 aromatic carbocycles. The van der Waals surface area contributed by atoms with Crippen LogP contribution in [0.3, 0.4) is 0 Å². The second kappa shape index (κ2) is 5.77. The van der Waals surface area contributed by atoms with Gasteiger partial charge >= 0.3 is 5.97 Å². The summed E-state index contributed by atoms with van der Waals surface area (Å²) in [6, 6.07) is 1.98. The molecule has 110 valence electrons. The summed E-state index contributed by atoms with van der Waals surface area (Å²) >= 11 is 0. The first-order valence-corrected chi connectivity index (χ1v) is 7.26. The Morgan fingerprint density at radius 3 is 2.60 bits per heavy atom. The number of carboxylic acids is 1. The molecule has 0 spiro atoms. The van der Waals surface area contributed by atoms with E-state index >= 15 is 0 Å². The van der Waals surface area contributed by atoms with Crippen molar-refractivity contribution < 1.29 is 9.90 Å². The molecule has 1 aromatic heterocycles. The zero-order valence-electron chi connectivity index (χ0n) is 12.4. The average molecular weight is 277 g/mol. The van der Waals surface area contributed by atoms with Gasteiger partial charge in [0.15, 0.2) is 0 Å². The number of aliphatic carboxylic acids is 1. The van der Waals surface area contributed by atoms with Crippen molar-refractivity contribution in [3.05, 3.63) is 17.5 Å². The molecular weight excluding hydrogens is 254 g/mol. The molecule has 0 aliphatic heterocycles. The quantitative estimate of drug-likeness (QED) is 0.865. The second-order valence-corrected chi connectivity index (χ2v) is 6.10. The van der Waals surface area contributed by atoms with Crippen LogP contribution < -0.4 is 5.32 Å². The van der Waals surface area contributed by atoms with E-state index in [1.165, 1.54) is 0 Å². The van der Waals surface area contributed by atoms with E-state index in [0.717, 1.165) is 37.1 Å². The number of hydrogen-bond donors (Lipinski definition) is 2. The van der Waals surface area contributed by atoms with Crippen LogP contribution in [0.4, 0.5) is 5.95 Å². The summed E-state index contributed by atoms with van der Waals surface area (Å²) in [5.74, 6) is 0.129. The van der Waals surface area contributed by atoms with E-state index in [-0.39, 0.29) is 12.0 Å². The molecule has 1 aliphatic carbocycles. The van der Waals surface area contributed by atoms with Gasteiger partial charge in [0.1, 0.15) is 0 Å². The van der Waals surface area contributed by atoms with Gasteiger partial charge in [-0.2, -0.15) is 0 Å². The number of nitrogens with zero attached hydrogens (tertiary/aromatic N) is 2. The maximum atomic E-state index is 11.1. The molecule has 5 nitrogen and oxygen atoms in total. The standard InChI is InChI=1S/C15H23N3O2/c1-10(2)12-8-11(3)16-14(17-12)18-15(9-13(19)20)6-4-5-7-15/h8,10H,4-7,9H2,1-3H3,(H,19,20)(H,16,17,18). The highest BCUT2D eigenvalue weighted by Gasteiger charge is 2.36. The van der Waals surface area contributed by atoms with Gasteiger partial charge in [-0.05, 0) is 31.7 Å². The molecule has 1 aromatic rings. The fourth-order valence-electron chi connectivity index (χ4n) is 2.87. The Balaban J connectivity index is 2.24. The van der Waals surface area contributed by atoms with Crippen molar-refractivity contribution >= 4 is 11.9 Å². The summed E-state index contributed by atoms with van der Waals surface area (Å²) in [6.45, 7) is 6.12. The lowest BCUT2D eigenvalue weighted by Crippen LogP contribution is -2.38. The van der Waals surface area contributed by atoms with E-state index in [2.05, 4.69) is 29.1 Å². The number of carbonyl (C=O) groups is 1. The third kappa shape index (κ3) is 3.46. The Kier molecular flexibility index (Phi) is 4.26. The van der Waals surface area contributed by atoms with Gasteiger partial charge in [-0.1, -0.05) is 26.7 Å². The summed E-state index contributed by atoms with van der Waals surface area (Å²) in [5, 5.41) is 12.5. The molecular formula is C15H23N3O2. The van der Waals surface area contributed by atoms with Crippen LogP contribution >= 0.6 is 0 Å². The highest BCUT2D eigenvalue weighted by atomic mass is 16.4. The third-order valence-corrected chi connectivity index (χ3v) is 3.89. The second-order valence-electron chi connectivity index (χ2n) is 6.10. The van der Waals surface area contributed by atoms with Crippen LogP contribution in [0.5, 0.6) is 0 Å². The normalized spacial score (nSPS) is 17.4. The monoisotopic (exact) mass is 277 g/mol. The Bertz CT molecular complexity index is 494. The Hall–Kier alpha value is -1.65. The van der Waals surface area contributed by atoms with Crippen molar-refractivity contribution in [1.29, 1.82) is 0 Å². The van der Waals surface area contributed by atoms with Gasteiger partial charge in [0.05, 0.1) is 12.0 Å². The van der Waals surface area contributed by atoms with Gasteiger partial charge in [0.2, 0.25) is 5.95 Å². The largest absolute Gasteiger partial charge is 0.481 e. The molecule has 0 saturated heterocycles. The van der Waals surface area contributed by atoms with Gasteiger partial charge in [0.25, 0.3) is 0 Å². The maximum Gasteiger partial charge on any atom is 0.305 e. The van der Waals surface area contributed by atoms with Gasteiger partial charge in [-0.3, -0.25) is 4.79 Å². The zero-order valence-corrected chi connectivity index (χ0v) is 12.4. The lowest BCUT2D eigenvalue weighted by molar-refractivity contribution is -0.138. The molecule has 1 saturated carbocycles. The molecule has 0 unspecified atom stereocenters. The molecule has 1 heterocycles. The molecule has 20 heavy (non-hydrogen) atoms. The van der Waals surface area contributed by atoms with E-state index in [9.17, 15) is 4.79 Å². The van der Waals surface area contributed by atoms with Crippen molar-refractivity contribution in [3.63, 3.8) is 0 Å². The van der Waals surface area contributed by atoms with Crippen molar-refractivity contribution in [1.82, 2.24) is 9.97 Å². The van der Waals surface area contributed by atoms with Crippen molar-refractivity contribution in [2.75, 3.05) is 5.32 Å². The predicted octanol–water partition coefficient (Wildman–Crippen LogP) is 3.11. The Labute approximate surface area is 119 Å². The summed E-state index contributed by atoms with van der Waals surface area (Å²) in [4.78, 5) is 20.1. The van der Waals surface area contributed by atoms with Gasteiger partial charge in [0, 0.05) is 11.4 Å². The lowest BCUT2D eigenvalue weighted by atomic mass is 9.93. The highest BCUT2D eigenvalue weighted by Crippen LogP contribution is 2.35. The molecule has 5 heteroatoms. The minimum Gasteiger partial charge on any atom is -0.481 e. The van der Waals surface area contributed by atoms with Crippen molar-refractivity contribution in [2.45, 2.75) is 64.3 Å². The minimum absolute atomic E-state index is 0.126. The number of aromatic nitrogens is 2. The topological polar surface area (TPSA) is 75.1 Å². The smallest absolute Gasteiger partial charge is 0.305 e. The molecule has 2 N–H and O–H groups in total. The summed E-state index contributed by atoms with van der Waals surface area (Å²) in [7, 11) is 0. The fourth-order valence-corrected chi connectivity index (χ4v) is 2.87. The highest BCUT2D eigenvalue weighted by molar-refractivity contribution is 5.69. The van der Waals surface area contributed by atoms with Crippen LogP contribution in [0.25, 0.3) is 0 Å². The number of hydrogen-bond acceptors (Lipinski definition) is 4. The number of anilines is 1. The van der Waals surface area contributed by atoms with Crippen LogP contribution in [0.15, 0.2) is 6.07 Å². The van der Waals surface area contributed by atoms with Crippen LogP contribution in [0.2, 0.25) is 0 Å². The molecule has 1 aliphatic rings. The number of carboxylic acid groups (broad SMARTS) is 1. The van der Waals surface area contributed by atoms with E-state index in [1.807, 2.05) is 13.0 Å². The number of aryl methyl sites for hydroxylation is 1. The van der Waals surface area contributed by atoms with Gasteiger partial charge in [-0.25, -0.2) is 9.97 Å². The van der Waals surface area contributed by atoms with Gasteiger partial charge < -0.3 is 10.4 Å². The van der Waals surface area contributed by atoms with Crippen LogP contribution in [0, 0.1) is 6.92 Å². The van der Waals surface area contributed by atoms with Crippen LogP contribution in [-0.4, -0.2) is 26.6 Å². The van der Waals surface area contributed by atoms with E-state index < -0.39 is 5.97 Å². The Morgan fingerprint density at radius 1 is 1.40 bits per heavy atom. The van der Waals surface area contributed by atoms with Gasteiger partial charge in [-0.15, -0.1) is 0 Å². The van der Waals surface area contributed by atoms with Crippen molar-refractivity contribution in [2.24, 2.45) is 0 Å². The first-order chi connectivity index (χ1) is 9.40. The lowest BCUT2D eigenvalue weighted by Gasteiger charge is -2.29. The number of rotatable bonds is 5. The van der Waals surface area contributed by atoms with E-state index in [0.29, 0.717) is 11.9 Å². The minimum atomic E-state index is -0.767. The van der Waals surface area contributed by atoms with E-state index in [4.69, 9.17) is 5.11 Å². The fraction of sp³-hybridized carbons (Fsp3) is 0.667. The Morgan fingerprint density at radius 2 is 2.05 bits per heavy atom. The summed E-state index contributed by atoms with van der Waals surface area (Å²) < 4.78 is 0. The first-order valence-electron chi connectivity index (χ1n) is 7.26. The average Bonchev–Trinajstić information content (AvgIpc) is 2.75. The summed E-state index contributed by atoms with van der Waals surface area (Å²) in [5.41, 5.74) is 1.52. The predicted molar refractivity (Wildman–Crippen MR) is 77.9 cm³/mol. The molecule has 1 fully saturated rings. The molecule has 0 amide bonds. The summed E-state index contributed by atoms with van der Waals surface area (Å²) in [6.07, 6.45) is 3.98. The molecule has 0 atom stereocenters. The van der Waals surface area contributed by atoms with Crippen LogP contribution in [0.1, 0.15) is 63.3 Å². The SMILES string of the molecule is Cc1cc(C(C)C)nc(NC2(CC(=O)O)CCCC2)n1. The number of nitrogens with one attached hydrogen (secondary N) is 1. The zero-order chi connectivity index (χ0) is 14.8. The van der Waals surface area contributed by atoms with E-state index in [1.54, 1.807) is 0 Å². The maximum absolute atomic E-state index is 11.1. The molecule has 2 rings (SSSR count). The van der Waals surface area contributed by atoms with Crippen molar-refractivity contribution in [3.8, 4) is 0 Å². The first kappa shape index (κ1) is 14.8. The third-order valence-electron chi connectivity index (χ3n) is 3.89. The molecule has 0 radical (unpaired) electrons. The molecule has 0 bridgehead atoms. The van der Waals surface area contributed by atoms with Crippen LogP contribution in [-0.2, 0) is 4.79 Å².